The number of hydrogen-bond donors (Lipinski definition) is 1. The molecule has 106 valence electrons. The monoisotopic (exact) mass is 334 g/mol. The molecule has 1 amide bonds. The Balaban J connectivity index is 1.67. The average Bonchev–Trinajstić information content (AvgIpc) is 3.11. The minimum absolute atomic E-state index is 0.0468. The molecule has 0 saturated heterocycles. The van der Waals surface area contributed by atoms with Gasteiger partial charge in [-0.25, -0.2) is 4.98 Å². The molecule has 0 atom stereocenters. The maximum atomic E-state index is 11.9. The summed E-state index contributed by atoms with van der Waals surface area (Å²) in [5.74, 6) is -0.0468. The first-order chi connectivity index (χ1) is 10.2. The SMILES string of the molecule is O=C(Cc1cccs1)Nc1nc(-c2ccc(Cl)cc2)cs1. The van der Waals surface area contributed by atoms with E-state index in [2.05, 4.69) is 10.3 Å². The molecule has 0 aliphatic carbocycles. The number of thiazole rings is 1. The lowest BCUT2D eigenvalue weighted by Gasteiger charge is -1.99. The average molecular weight is 335 g/mol. The first-order valence-corrected chi connectivity index (χ1v) is 8.38. The molecule has 1 N–H and O–H groups in total. The van der Waals surface area contributed by atoms with Crippen LogP contribution in [0, 0.1) is 0 Å². The van der Waals surface area contributed by atoms with Gasteiger partial charge in [0.25, 0.3) is 0 Å². The Labute approximate surface area is 135 Å². The Bertz CT molecular complexity index is 735. The van der Waals surface area contributed by atoms with E-state index in [1.165, 1.54) is 11.3 Å². The summed E-state index contributed by atoms with van der Waals surface area (Å²) in [4.78, 5) is 17.4. The van der Waals surface area contributed by atoms with Crippen molar-refractivity contribution in [1.82, 2.24) is 4.98 Å². The van der Waals surface area contributed by atoms with Crippen molar-refractivity contribution in [2.75, 3.05) is 5.32 Å². The third kappa shape index (κ3) is 3.69. The second-order valence-corrected chi connectivity index (χ2v) is 6.68. The second kappa shape index (κ2) is 6.39. The predicted octanol–water partition coefficient (Wildman–Crippen LogP) is 4.71. The molecule has 0 saturated carbocycles. The van der Waals surface area contributed by atoms with Crippen molar-refractivity contribution in [2.24, 2.45) is 0 Å². The summed E-state index contributed by atoms with van der Waals surface area (Å²) in [6, 6.07) is 11.4. The third-order valence-electron chi connectivity index (χ3n) is 2.81. The van der Waals surface area contributed by atoms with E-state index in [0.29, 0.717) is 16.6 Å². The van der Waals surface area contributed by atoms with Crippen LogP contribution in [-0.2, 0) is 11.2 Å². The van der Waals surface area contributed by atoms with Gasteiger partial charge in [0, 0.05) is 20.8 Å². The number of rotatable bonds is 4. The summed E-state index contributed by atoms with van der Waals surface area (Å²) in [7, 11) is 0. The fourth-order valence-corrected chi connectivity index (χ4v) is 3.38. The summed E-state index contributed by atoms with van der Waals surface area (Å²) < 4.78 is 0. The minimum Gasteiger partial charge on any atom is -0.302 e. The van der Waals surface area contributed by atoms with Crippen LogP contribution in [0.15, 0.2) is 47.2 Å². The summed E-state index contributed by atoms with van der Waals surface area (Å²) in [6.07, 6.45) is 0.382. The van der Waals surface area contributed by atoms with Crippen LogP contribution in [0.5, 0.6) is 0 Å². The Morgan fingerprint density at radius 3 is 2.71 bits per heavy atom. The molecule has 6 heteroatoms. The fourth-order valence-electron chi connectivity index (χ4n) is 1.82. The van der Waals surface area contributed by atoms with E-state index in [-0.39, 0.29) is 5.91 Å². The zero-order chi connectivity index (χ0) is 14.7. The van der Waals surface area contributed by atoms with Crippen molar-refractivity contribution in [3.05, 3.63) is 57.1 Å². The smallest absolute Gasteiger partial charge is 0.231 e. The van der Waals surface area contributed by atoms with Gasteiger partial charge < -0.3 is 5.32 Å². The van der Waals surface area contributed by atoms with E-state index in [9.17, 15) is 4.79 Å². The third-order valence-corrected chi connectivity index (χ3v) is 4.69. The lowest BCUT2D eigenvalue weighted by Crippen LogP contribution is -2.13. The van der Waals surface area contributed by atoms with Crippen molar-refractivity contribution >= 4 is 45.3 Å². The molecule has 0 fully saturated rings. The van der Waals surface area contributed by atoms with Gasteiger partial charge >= 0.3 is 0 Å². The number of thiophene rings is 1. The van der Waals surface area contributed by atoms with Gasteiger partial charge in [0.15, 0.2) is 5.13 Å². The highest BCUT2D eigenvalue weighted by molar-refractivity contribution is 7.14. The molecule has 3 aromatic rings. The molecule has 0 spiro atoms. The summed E-state index contributed by atoms with van der Waals surface area (Å²) in [5.41, 5.74) is 1.82. The normalized spacial score (nSPS) is 10.5. The molecule has 0 aliphatic heterocycles. The number of nitrogens with one attached hydrogen (secondary N) is 1. The number of halogens is 1. The van der Waals surface area contributed by atoms with Crippen LogP contribution in [0.4, 0.5) is 5.13 Å². The number of hydrogen-bond acceptors (Lipinski definition) is 4. The van der Waals surface area contributed by atoms with E-state index in [1.54, 1.807) is 11.3 Å². The number of aromatic nitrogens is 1. The lowest BCUT2D eigenvalue weighted by atomic mass is 10.2. The van der Waals surface area contributed by atoms with E-state index in [1.807, 2.05) is 47.2 Å². The zero-order valence-electron chi connectivity index (χ0n) is 10.9. The van der Waals surface area contributed by atoms with Crippen LogP contribution >= 0.6 is 34.3 Å². The first kappa shape index (κ1) is 14.3. The van der Waals surface area contributed by atoms with Gasteiger partial charge in [-0.2, -0.15) is 0 Å². The van der Waals surface area contributed by atoms with Gasteiger partial charge in [-0.1, -0.05) is 29.8 Å². The number of carbonyl (C=O) groups excluding carboxylic acids is 1. The summed E-state index contributed by atoms with van der Waals surface area (Å²) in [5, 5.41) is 8.02. The topological polar surface area (TPSA) is 42.0 Å². The van der Waals surface area contributed by atoms with Crippen molar-refractivity contribution in [3.8, 4) is 11.3 Å². The molecule has 0 aliphatic rings. The van der Waals surface area contributed by atoms with Gasteiger partial charge in [0.05, 0.1) is 12.1 Å². The minimum atomic E-state index is -0.0468. The Kier molecular flexibility index (Phi) is 4.34. The van der Waals surface area contributed by atoms with Crippen LogP contribution in [0.2, 0.25) is 5.02 Å². The van der Waals surface area contributed by atoms with Crippen molar-refractivity contribution in [3.63, 3.8) is 0 Å². The van der Waals surface area contributed by atoms with Gasteiger partial charge in [-0.15, -0.1) is 22.7 Å². The molecule has 1 aromatic carbocycles. The maximum absolute atomic E-state index is 11.9. The van der Waals surface area contributed by atoms with Crippen LogP contribution in [0.3, 0.4) is 0 Å². The first-order valence-electron chi connectivity index (χ1n) is 6.24. The number of carbonyl (C=O) groups is 1. The quantitative estimate of drug-likeness (QED) is 0.751. The largest absolute Gasteiger partial charge is 0.302 e. The van der Waals surface area contributed by atoms with Crippen molar-refractivity contribution in [1.29, 1.82) is 0 Å². The Morgan fingerprint density at radius 2 is 2.00 bits per heavy atom. The van der Waals surface area contributed by atoms with Gasteiger partial charge in [0.1, 0.15) is 0 Å². The number of benzene rings is 1. The van der Waals surface area contributed by atoms with Crippen LogP contribution in [0.25, 0.3) is 11.3 Å². The predicted molar refractivity (Wildman–Crippen MR) is 89.2 cm³/mol. The summed E-state index contributed by atoms with van der Waals surface area (Å²) >= 11 is 8.86. The number of amides is 1. The Hall–Kier alpha value is -1.69. The molecule has 21 heavy (non-hydrogen) atoms. The fraction of sp³-hybridized carbons (Fsp3) is 0.0667. The molecule has 2 heterocycles. The molecular formula is C15H11ClN2OS2. The van der Waals surface area contributed by atoms with Crippen molar-refractivity contribution in [2.45, 2.75) is 6.42 Å². The molecular weight excluding hydrogens is 324 g/mol. The Morgan fingerprint density at radius 1 is 1.19 bits per heavy atom. The van der Waals surface area contributed by atoms with E-state index < -0.39 is 0 Å². The molecule has 0 unspecified atom stereocenters. The second-order valence-electron chi connectivity index (χ2n) is 4.35. The van der Waals surface area contributed by atoms with Crippen LogP contribution in [-0.4, -0.2) is 10.9 Å². The molecule has 3 rings (SSSR count). The zero-order valence-corrected chi connectivity index (χ0v) is 13.3. The van der Waals surface area contributed by atoms with E-state index in [0.717, 1.165) is 16.1 Å². The van der Waals surface area contributed by atoms with Crippen LogP contribution in [0.1, 0.15) is 4.88 Å². The number of nitrogens with zero attached hydrogens (tertiary/aromatic N) is 1. The van der Waals surface area contributed by atoms with Crippen LogP contribution < -0.4 is 5.32 Å². The highest BCUT2D eigenvalue weighted by atomic mass is 35.5. The lowest BCUT2D eigenvalue weighted by molar-refractivity contribution is -0.115. The summed E-state index contributed by atoms with van der Waals surface area (Å²) in [6.45, 7) is 0. The van der Waals surface area contributed by atoms with E-state index in [4.69, 9.17) is 11.6 Å². The molecule has 3 nitrogen and oxygen atoms in total. The number of anilines is 1. The molecule has 2 aromatic heterocycles. The standard InChI is InChI=1S/C15H11ClN2OS2/c16-11-5-3-10(4-6-11)13-9-21-15(17-13)18-14(19)8-12-2-1-7-20-12/h1-7,9H,8H2,(H,17,18,19). The van der Waals surface area contributed by atoms with E-state index >= 15 is 0 Å². The maximum Gasteiger partial charge on any atom is 0.231 e. The molecule has 0 radical (unpaired) electrons. The highest BCUT2D eigenvalue weighted by Crippen LogP contribution is 2.26. The molecule has 0 bridgehead atoms. The highest BCUT2D eigenvalue weighted by Gasteiger charge is 2.09. The van der Waals surface area contributed by atoms with Gasteiger partial charge in [-0.3, -0.25) is 4.79 Å². The van der Waals surface area contributed by atoms with Gasteiger partial charge in [-0.05, 0) is 23.6 Å². The van der Waals surface area contributed by atoms with Crippen molar-refractivity contribution < 1.29 is 4.79 Å². The van der Waals surface area contributed by atoms with Gasteiger partial charge in [0.2, 0.25) is 5.91 Å².